The standard InChI is InChI=1S/C16H21NO3/c1-11-12(10-15(18)19)6-5-9-14(11)16(20)17-13-7-3-2-4-8-13/h5-6,9,13H,2-4,7-8,10H2,1H3,(H,17,20)(H,18,19). The average molecular weight is 275 g/mol. The number of nitrogens with one attached hydrogen (secondary N) is 1. The van der Waals surface area contributed by atoms with Gasteiger partial charge in [-0.1, -0.05) is 31.4 Å². The molecule has 1 aromatic rings. The molecule has 1 aromatic carbocycles. The minimum atomic E-state index is -0.877. The summed E-state index contributed by atoms with van der Waals surface area (Å²) in [4.78, 5) is 23.1. The van der Waals surface area contributed by atoms with Crippen molar-refractivity contribution in [3.05, 3.63) is 34.9 Å². The molecule has 4 nitrogen and oxygen atoms in total. The van der Waals surface area contributed by atoms with Gasteiger partial charge in [-0.25, -0.2) is 0 Å². The van der Waals surface area contributed by atoms with Crippen LogP contribution in [0.25, 0.3) is 0 Å². The van der Waals surface area contributed by atoms with Crippen molar-refractivity contribution in [2.24, 2.45) is 0 Å². The van der Waals surface area contributed by atoms with Crippen LogP contribution in [-0.4, -0.2) is 23.0 Å². The summed E-state index contributed by atoms with van der Waals surface area (Å²) in [6, 6.07) is 5.54. The summed E-state index contributed by atoms with van der Waals surface area (Å²) < 4.78 is 0. The van der Waals surface area contributed by atoms with Crippen LogP contribution in [0.15, 0.2) is 18.2 Å². The molecule has 4 heteroatoms. The Morgan fingerprint density at radius 2 is 1.95 bits per heavy atom. The number of amides is 1. The van der Waals surface area contributed by atoms with Crippen molar-refractivity contribution in [1.82, 2.24) is 5.32 Å². The van der Waals surface area contributed by atoms with E-state index in [-0.39, 0.29) is 18.4 Å². The van der Waals surface area contributed by atoms with Gasteiger partial charge in [0.1, 0.15) is 0 Å². The number of aliphatic carboxylic acids is 1. The Labute approximate surface area is 119 Å². The minimum Gasteiger partial charge on any atom is -0.481 e. The lowest BCUT2D eigenvalue weighted by molar-refractivity contribution is -0.136. The molecular formula is C16H21NO3. The molecule has 20 heavy (non-hydrogen) atoms. The Balaban J connectivity index is 2.10. The predicted molar refractivity (Wildman–Crippen MR) is 76.9 cm³/mol. The van der Waals surface area contributed by atoms with Crippen molar-refractivity contribution in [2.45, 2.75) is 51.5 Å². The number of carbonyl (C=O) groups excluding carboxylic acids is 1. The highest BCUT2D eigenvalue weighted by atomic mass is 16.4. The smallest absolute Gasteiger partial charge is 0.307 e. The molecule has 1 amide bonds. The van der Waals surface area contributed by atoms with E-state index in [1.54, 1.807) is 18.2 Å². The second kappa shape index (κ2) is 6.55. The first kappa shape index (κ1) is 14.6. The molecule has 1 saturated carbocycles. The molecule has 2 rings (SSSR count). The zero-order valence-corrected chi connectivity index (χ0v) is 11.8. The zero-order valence-electron chi connectivity index (χ0n) is 11.8. The van der Waals surface area contributed by atoms with Crippen LogP contribution in [0.4, 0.5) is 0 Å². The van der Waals surface area contributed by atoms with Crippen LogP contribution in [-0.2, 0) is 11.2 Å². The van der Waals surface area contributed by atoms with Crippen molar-refractivity contribution in [3.8, 4) is 0 Å². The fourth-order valence-corrected chi connectivity index (χ4v) is 2.79. The van der Waals surface area contributed by atoms with Gasteiger partial charge in [0, 0.05) is 11.6 Å². The van der Waals surface area contributed by atoms with E-state index >= 15 is 0 Å². The topological polar surface area (TPSA) is 66.4 Å². The molecule has 0 heterocycles. The maximum absolute atomic E-state index is 12.3. The Bertz CT molecular complexity index is 504. The largest absolute Gasteiger partial charge is 0.481 e. The maximum atomic E-state index is 12.3. The SMILES string of the molecule is Cc1c(CC(=O)O)cccc1C(=O)NC1CCCCC1. The predicted octanol–water partition coefficient (Wildman–Crippen LogP) is 2.68. The minimum absolute atomic E-state index is 0.0453. The molecule has 1 fully saturated rings. The van der Waals surface area contributed by atoms with Gasteiger partial charge in [0.25, 0.3) is 5.91 Å². The summed E-state index contributed by atoms with van der Waals surface area (Å²) >= 11 is 0. The number of carboxylic acid groups (broad SMARTS) is 1. The van der Waals surface area contributed by atoms with E-state index in [4.69, 9.17) is 5.11 Å². The number of hydrogen-bond donors (Lipinski definition) is 2. The van der Waals surface area contributed by atoms with E-state index in [9.17, 15) is 9.59 Å². The Morgan fingerprint density at radius 3 is 2.60 bits per heavy atom. The van der Waals surface area contributed by atoms with Gasteiger partial charge in [-0.15, -0.1) is 0 Å². The van der Waals surface area contributed by atoms with Crippen LogP contribution in [0.3, 0.4) is 0 Å². The highest BCUT2D eigenvalue weighted by molar-refractivity contribution is 5.96. The van der Waals surface area contributed by atoms with Crippen LogP contribution in [0.5, 0.6) is 0 Å². The normalized spacial score (nSPS) is 15.8. The molecule has 0 atom stereocenters. The van der Waals surface area contributed by atoms with E-state index in [0.717, 1.165) is 18.4 Å². The first-order valence-corrected chi connectivity index (χ1v) is 7.19. The summed E-state index contributed by atoms with van der Waals surface area (Å²) in [6.45, 7) is 1.81. The lowest BCUT2D eigenvalue weighted by Crippen LogP contribution is -2.36. The third kappa shape index (κ3) is 3.59. The van der Waals surface area contributed by atoms with Gasteiger partial charge in [0.05, 0.1) is 6.42 Å². The maximum Gasteiger partial charge on any atom is 0.307 e. The quantitative estimate of drug-likeness (QED) is 0.887. The second-order valence-electron chi connectivity index (χ2n) is 5.47. The van der Waals surface area contributed by atoms with Crippen molar-refractivity contribution in [3.63, 3.8) is 0 Å². The van der Waals surface area contributed by atoms with Crippen LogP contribution in [0.1, 0.15) is 53.6 Å². The summed E-state index contributed by atoms with van der Waals surface area (Å²) in [5, 5.41) is 12.0. The number of carboxylic acids is 1. The molecule has 108 valence electrons. The molecule has 0 unspecified atom stereocenters. The lowest BCUT2D eigenvalue weighted by atomic mass is 9.94. The van der Waals surface area contributed by atoms with Gasteiger partial charge in [-0.05, 0) is 37.0 Å². The molecule has 1 aliphatic carbocycles. The van der Waals surface area contributed by atoms with E-state index in [1.165, 1.54) is 19.3 Å². The molecule has 0 saturated heterocycles. The first-order valence-electron chi connectivity index (χ1n) is 7.19. The molecule has 0 spiro atoms. The third-order valence-electron chi connectivity index (χ3n) is 3.97. The van der Waals surface area contributed by atoms with E-state index < -0.39 is 5.97 Å². The van der Waals surface area contributed by atoms with Crippen molar-refractivity contribution < 1.29 is 14.7 Å². The van der Waals surface area contributed by atoms with E-state index in [2.05, 4.69) is 5.32 Å². The van der Waals surface area contributed by atoms with Gasteiger partial charge >= 0.3 is 5.97 Å². The summed E-state index contributed by atoms with van der Waals surface area (Å²) in [5.74, 6) is -0.959. The van der Waals surface area contributed by atoms with E-state index in [1.807, 2.05) is 6.92 Å². The summed E-state index contributed by atoms with van der Waals surface area (Å²) in [5.41, 5.74) is 2.06. The molecular weight excluding hydrogens is 254 g/mol. The highest BCUT2D eigenvalue weighted by Gasteiger charge is 2.18. The number of carbonyl (C=O) groups is 2. The molecule has 2 N–H and O–H groups in total. The molecule has 0 radical (unpaired) electrons. The highest BCUT2D eigenvalue weighted by Crippen LogP contribution is 2.19. The lowest BCUT2D eigenvalue weighted by Gasteiger charge is -2.23. The second-order valence-corrected chi connectivity index (χ2v) is 5.47. The zero-order chi connectivity index (χ0) is 14.5. The Kier molecular flexibility index (Phi) is 4.77. The van der Waals surface area contributed by atoms with Crippen LogP contribution >= 0.6 is 0 Å². The van der Waals surface area contributed by atoms with Gasteiger partial charge in [0.15, 0.2) is 0 Å². The Hall–Kier alpha value is -1.84. The summed E-state index contributed by atoms with van der Waals surface area (Å²) in [7, 11) is 0. The average Bonchev–Trinajstić information content (AvgIpc) is 2.41. The van der Waals surface area contributed by atoms with Crippen molar-refractivity contribution in [1.29, 1.82) is 0 Å². The van der Waals surface area contributed by atoms with Crippen molar-refractivity contribution >= 4 is 11.9 Å². The van der Waals surface area contributed by atoms with Crippen LogP contribution in [0, 0.1) is 6.92 Å². The van der Waals surface area contributed by atoms with Gasteiger partial charge in [-0.3, -0.25) is 9.59 Å². The van der Waals surface area contributed by atoms with E-state index in [0.29, 0.717) is 11.1 Å². The van der Waals surface area contributed by atoms with Crippen LogP contribution < -0.4 is 5.32 Å². The number of hydrogen-bond acceptors (Lipinski definition) is 2. The molecule has 0 bridgehead atoms. The van der Waals surface area contributed by atoms with Gasteiger partial charge < -0.3 is 10.4 Å². The molecule has 0 aromatic heterocycles. The fraction of sp³-hybridized carbons (Fsp3) is 0.500. The molecule has 1 aliphatic rings. The third-order valence-corrected chi connectivity index (χ3v) is 3.97. The Morgan fingerprint density at radius 1 is 1.25 bits per heavy atom. The molecule has 0 aliphatic heterocycles. The van der Waals surface area contributed by atoms with Gasteiger partial charge in [-0.2, -0.15) is 0 Å². The summed E-state index contributed by atoms with van der Waals surface area (Å²) in [6.07, 6.45) is 5.63. The monoisotopic (exact) mass is 275 g/mol. The number of benzene rings is 1. The fourth-order valence-electron chi connectivity index (χ4n) is 2.79. The van der Waals surface area contributed by atoms with Gasteiger partial charge in [0.2, 0.25) is 0 Å². The van der Waals surface area contributed by atoms with Crippen LogP contribution in [0.2, 0.25) is 0 Å². The first-order chi connectivity index (χ1) is 9.58. The van der Waals surface area contributed by atoms with Crippen molar-refractivity contribution in [2.75, 3.05) is 0 Å². The number of rotatable bonds is 4.